The fourth-order valence-electron chi connectivity index (χ4n) is 1.14. The van der Waals surface area contributed by atoms with Gasteiger partial charge in [0.15, 0.2) is 0 Å². The molecule has 0 saturated heterocycles. The van der Waals surface area contributed by atoms with E-state index in [9.17, 15) is 13.2 Å². The molecule has 0 N–H and O–H groups in total. The second-order valence-electron chi connectivity index (χ2n) is 3.34. The normalized spacial score (nSPS) is 11.5. The molecule has 0 fully saturated rings. The molecule has 0 aromatic heterocycles. The zero-order valence-corrected chi connectivity index (χ0v) is 10.1. The molecule has 0 spiro atoms. The third-order valence-electron chi connectivity index (χ3n) is 1.95. The predicted molar refractivity (Wildman–Crippen MR) is 59.9 cm³/mol. The van der Waals surface area contributed by atoms with Crippen LogP contribution < -0.4 is 4.74 Å². The van der Waals surface area contributed by atoms with Crippen LogP contribution in [0.1, 0.15) is 18.4 Å². The lowest BCUT2D eigenvalue weighted by Gasteiger charge is -2.08. The third-order valence-corrected chi connectivity index (χ3v) is 2.60. The van der Waals surface area contributed by atoms with Crippen molar-refractivity contribution < 1.29 is 17.9 Å². The van der Waals surface area contributed by atoms with E-state index < -0.39 is 12.6 Å². The highest BCUT2D eigenvalue weighted by molar-refractivity contribution is 9.08. The van der Waals surface area contributed by atoms with Crippen LogP contribution >= 0.6 is 15.9 Å². The minimum absolute atomic E-state index is 0.0102. The highest BCUT2D eigenvalue weighted by Gasteiger charge is 2.25. The lowest BCUT2D eigenvalue weighted by atomic mass is 10.2. The van der Waals surface area contributed by atoms with Crippen LogP contribution in [0.2, 0.25) is 0 Å². The Kier molecular flexibility index (Phi) is 5.12. The smallest absolute Gasteiger partial charge is 0.389 e. The molecule has 1 rings (SSSR count). The summed E-state index contributed by atoms with van der Waals surface area (Å²) in [5.74, 6) is 0.604. The molecule has 0 unspecified atom stereocenters. The van der Waals surface area contributed by atoms with E-state index in [1.54, 1.807) is 12.1 Å². The molecule has 5 heteroatoms. The summed E-state index contributed by atoms with van der Waals surface area (Å²) >= 11 is 3.30. The van der Waals surface area contributed by atoms with Crippen LogP contribution in [0.3, 0.4) is 0 Å². The largest absolute Gasteiger partial charge is 0.494 e. The second-order valence-corrected chi connectivity index (χ2v) is 3.91. The van der Waals surface area contributed by atoms with Crippen molar-refractivity contribution in [3.63, 3.8) is 0 Å². The highest BCUT2D eigenvalue weighted by atomic mass is 79.9. The van der Waals surface area contributed by atoms with Gasteiger partial charge < -0.3 is 4.74 Å². The van der Waals surface area contributed by atoms with E-state index in [1.807, 2.05) is 12.1 Å². The Balaban J connectivity index is 2.27. The van der Waals surface area contributed by atoms with E-state index in [4.69, 9.17) is 4.74 Å². The second kappa shape index (κ2) is 6.13. The molecule has 0 radical (unpaired) electrons. The lowest BCUT2D eigenvalue weighted by molar-refractivity contribution is -0.136. The molecule has 90 valence electrons. The summed E-state index contributed by atoms with van der Waals surface area (Å²) in [6, 6.07) is 7.25. The summed E-state index contributed by atoms with van der Waals surface area (Å²) in [4.78, 5) is 0. The average Bonchev–Trinajstić information content (AvgIpc) is 2.24. The van der Waals surface area contributed by atoms with E-state index >= 15 is 0 Å². The molecule has 0 bridgehead atoms. The SMILES string of the molecule is FC(F)(F)CCCOc1ccc(CBr)cc1. The Morgan fingerprint density at radius 3 is 2.25 bits per heavy atom. The summed E-state index contributed by atoms with van der Waals surface area (Å²) in [5, 5.41) is 0.751. The molecule has 0 amide bonds. The fraction of sp³-hybridized carbons (Fsp3) is 0.455. The van der Waals surface area contributed by atoms with Gasteiger partial charge in [-0.05, 0) is 24.1 Å². The number of benzene rings is 1. The highest BCUT2D eigenvalue weighted by Crippen LogP contribution is 2.21. The standard InChI is InChI=1S/C11H12BrF3O/c12-8-9-2-4-10(5-3-9)16-7-1-6-11(13,14)15/h2-5H,1,6-8H2. The van der Waals surface area contributed by atoms with Gasteiger partial charge in [-0.15, -0.1) is 0 Å². The number of ether oxygens (including phenoxy) is 1. The summed E-state index contributed by atoms with van der Waals surface area (Å²) < 4.78 is 40.6. The van der Waals surface area contributed by atoms with Gasteiger partial charge in [0.05, 0.1) is 6.61 Å². The molecule has 0 heterocycles. The van der Waals surface area contributed by atoms with Gasteiger partial charge in [-0.2, -0.15) is 13.2 Å². The minimum atomic E-state index is -4.09. The first-order chi connectivity index (χ1) is 7.51. The van der Waals surface area contributed by atoms with Crippen molar-refractivity contribution in [2.45, 2.75) is 24.3 Å². The predicted octanol–water partition coefficient (Wildman–Crippen LogP) is 4.30. The molecule has 1 aromatic carbocycles. The Morgan fingerprint density at radius 2 is 1.75 bits per heavy atom. The van der Waals surface area contributed by atoms with Crippen molar-refractivity contribution in [1.82, 2.24) is 0 Å². The lowest BCUT2D eigenvalue weighted by Crippen LogP contribution is -2.09. The maximum Gasteiger partial charge on any atom is 0.389 e. The maximum absolute atomic E-state index is 11.8. The summed E-state index contributed by atoms with van der Waals surface area (Å²) in [5.41, 5.74) is 1.10. The van der Waals surface area contributed by atoms with Crippen molar-refractivity contribution in [3.8, 4) is 5.75 Å². The Bertz CT molecular complexity index is 308. The molecule has 0 saturated carbocycles. The van der Waals surface area contributed by atoms with Gasteiger partial charge in [0, 0.05) is 11.8 Å². The van der Waals surface area contributed by atoms with Crippen molar-refractivity contribution in [2.75, 3.05) is 6.61 Å². The average molecular weight is 297 g/mol. The Morgan fingerprint density at radius 1 is 1.12 bits per heavy atom. The van der Waals surface area contributed by atoms with Crippen LogP contribution in [-0.2, 0) is 5.33 Å². The number of hydrogen-bond donors (Lipinski definition) is 0. The zero-order valence-electron chi connectivity index (χ0n) is 8.56. The first kappa shape index (κ1) is 13.4. The van der Waals surface area contributed by atoms with Crippen molar-refractivity contribution in [1.29, 1.82) is 0 Å². The molecule has 0 aliphatic heterocycles. The number of halogens is 4. The van der Waals surface area contributed by atoms with Crippen LogP contribution in [0, 0.1) is 0 Å². The van der Waals surface area contributed by atoms with Crippen LogP contribution in [0.25, 0.3) is 0 Å². The molecular formula is C11H12BrF3O. The van der Waals surface area contributed by atoms with Gasteiger partial charge in [0.1, 0.15) is 5.75 Å². The number of hydrogen-bond acceptors (Lipinski definition) is 1. The van der Waals surface area contributed by atoms with Gasteiger partial charge in [0.2, 0.25) is 0 Å². The van der Waals surface area contributed by atoms with Crippen LogP contribution in [0.5, 0.6) is 5.75 Å². The fourth-order valence-corrected chi connectivity index (χ4v) is 1.51. The van der Waals surface area contributed by atoms with Gasteiger partial charge in [-0.3, -0.25) is 0 Å². The molecule has 16 heavy (non-hydrogen) atoms. The van der Waals surface area contributed by atoms with Gasteiger partial charge in [-0.25, -0.2) is 0 Å². The van der Waals surface area contributed by atoms with Crippen molar-refractivity contribution >= 4 is 15.9 Å². The third kappa shape index (κ3) is 5.39. The van der Waals surface area contributed by atoms with Gasteiger partial charge in [0.25, 0.3) is 0 Å². The van der Waals surface area contributed by atoms with E-state index in [1.165, 1.54) is 0 Å². The summed E-state index contributed by atoms with van der Waals surface area (Å²) in [6.07, 6.45) is -4.90. The van der Waals surface area contributed by atoms with E-state index in [0.717, 1.165) is 10.9 Å². The van der Waals surface area contributed by atoms with E-state index in [0.29, 0.717) is 5.75 Å². The molecule has 0 aliphatic carbocycles. The summed E-state index contributed by atoms with van der Waals surface area (Å²) in [6.45, 7) is 0.0904. The van der Waals surface area contributed by atoms with E-state index in [2.05, 4.69) is 15.9 Å². The first-order valence-corrected chi connectivity index (χ1v) is 5.98. The number of alkyl halides is 4. The zero-order chi connectivity index (χ0) is 12.0. The topological polar surface area (TPSA) is 9.23 Å². The maximum atomic E-state index is 11.8. The molecule has 1 nitrogen and oxygen atoms in total. The van der Waals surface area contributed by atoms with Crippen molar-refractivity contribution in [3.05, 3.63) is 29.8 Å². The van der Waals surface area contributed by atoms with E-state index in [-0.39, 0.29) is 13.0 Å². The van der Waals surface area contributed by atoms with Crippen LogP contribution in [0.15, 0.2) is 24.3 Å². The molecule has 0 atom stereocenters. The number of rotatable bonds is 5. The Labute approximate surface area is 101 Å². The van der Waals surface area contributed by atoms with Crippen molar-refractivity contribution in [2.24, 2.45) is 0 Å². The molecular weight excluding hydrogens is 285 g/mol. The first-order valence-electron chi connectivity index (χ1n) is 4.86. The molecule has 0 aliphatic rings. The Hall–Kier alpha value is -0.710. The van der Waals surface area contributed by atoms with Crippen LogP contribution in [0.4, 0.5) is 13.2 Å². The quantitative estimate of drug-likeness (QED) is 0.581. The van der Waals surface area contributed by atoms with Gasteiger partial charge in [-0.1, -0.05) is 28.1 Å². The molecule has 1 aromatic rings. The minimum Gasteiger partial charge on any atom is -0.494 e. The summed E-state index contributed by atoms with van der Waals surface area (Å²) in [7, 11) is 0. The monoisotopic (exact) mass is 296 g/mol. The van der Waals surface area contributed by atoms with Gasteiger partial charge >= 0.3 is 6.18 Å². The van der Waals surface area contributed by atoms with Crippen LogP contribution in [-0.4, -0.2) is 12.8 Å².